The van der Waals surface area contributed by atoms with Crippen LogP contribution >= 0.6 is 0 Å². The highest BCUT2D eigenvalue weighted by molar-refractivity contribution is 5.46. The lowest BCUT2D eigenvalue weighted by molar-refractivity contribution is 0.571. The molecule has 1 rings (SSSR count). The Hall–Kier alpha value is -1.22. The Kier molecular flexibility index (Phi) is 3.01. The topological polar surface area (TPSA) is 0 Å². The van der Waals surface area contributed by atoms with E-state index in [1.807, 2.05) is 0 Å². The summed E-state index contributed by atoms with van der Waals surface area (Å²) >= 11 is 0. The van der Waals surface area contributed by atoms with E-state index in [-0.39, 0.29) is 5.41 Å². The fourth-order valence-electron chi connectivity index (χ4n) is 1.26. The van der Waals surface area contributed by atoms with Crippen LogP contribution in [0, 0.1) is 31.1 Å². The van der Waals surface area contributed by atoms with Gasteiger partial charge in [0.05, 0.1) is 0 Å². The van der Waals surface area contributed by atoms with Gasteiger partial charge in [-0.25, -0.2) is 0 Å². The predicted molar refractivity (Wildman–Crippen MR) is 62.2 cm³/mol. The molecule has 0 heteroatoms. The zero-order chi connectivity index (χ0) is 10.8. The maximum Gasteiger partial charge on any atom is 0.0303 e. The zero-order valence-electron chi connectivity index (χ0n) is 9.73. The van der Waals surface area contributed by atoms with Crippen molar-refractivity contribution in [3.05, 3.63) is 34.9 Å². The summed E-state index contributed by atoms with van der Waals surface area (Å²) in [7, 11) is 0. The maximum absolute atomic E-state index is 3.27. The molecule has 0 spiro atoms. The third-order valence-electron chi connectivity index (χ3n) is 2.04. The summed E-state index contributed by atoms with van der Waals surface area (Å²) in [5.41, 5.74) is 3.79. The Labute approximate surface area is 87.4 Å². The first kappa shape index (κ1) is 10.9. The number of aryl methyl sites for hydroxylation is 2. The molecule has 14 heavy (non-hydrogen) atoms. The van der Waals surface area contributed by atoms with Gasteiger partial charge < -0.3 is 0 Å². The van der Waals surface area contributed by atoms with Crippen LogP contribution in [-0.4, -0.2) is 0 Å². The average molecular weight is 186 g/mol. The van der Waals surface area contributed by atoms with Crippen LogP contribution < -0.4 is 0 Å². The molecule has 0 aliphatic heterocycles. The lowest BCUT2D eigenvalue weighted by Crippen LogP contribution is -2.00. The molecule has 1 aromatic rings. The molecule has 0 saturated heterocycles. The number of hydrogen-bond donors (Lipinski definition) is 0. The SMILES string of the molecule is Cc1cccc(C)c1C#CC(C)(C)C. The van der Waals surface area contributed by atoms with Crippen LogP contribution in [0.5, 0.6) is 0 Å². The molecule has 0 nitrogen and oxygen atoms in total. The highest BCUT2D eigenvalue weighted by atomic mass is 14.1. The van der Waals surface area contributed by atoms with E-state index in [0.29, 0.717) is 0 Å². The van der Waals surface area contributed by atoms with Gasteiger partial charge in [0, 0.05) is 11.0 Å². The second kappa shape index (κ2) is 3.88. The standard InChI is InChI=1S/C14H18/c1-11-7-6-8-12(2)13(11)9-10-14(3,4)5/h6-8H,1-5H3. The van der Waals surface area contributed by atoms with Gasteiger partial charge >= 0.3 is 0 Å². The van der Waals surface area contributed by atoms with Crippen LogP contribution in [0.1, 0.15) is 37.5 Å². The van der Waals surface area contributed by atoms with E-state index in [1.54, 1.807) is 0 Å². The fraction of sp³-hybridized carbons (Fsp3) is 0.429. The second-order valence-electron chi connectivity index (χ2n) is 4.77. The summed E-state index contributed by atoms with van der Waals surface area (Å²) in [6, 6.07) is 6.30. The first-order valence-electron chi connectivity index (χ1n) is 4.99. The molecule has 0 aliphatic rings. The van der Waals surface area contributed by atoms with Crippen LogP contribution in [0.2, 0.25) is 0 Å². The van der Waals surface area contributed by atoms with E-state index in [0.717, 1.165) is 0 Å². The summed E-state index contributed by atoms with van der Waals surface area (Å²) in [4.78, 5) is 0. The molecule has 0 amide bonds. The van der Waals surface area contributed by atoms with Crippen molar-refractivity contribution >= 4 is 0 Å². The van der Waals surface area contributed by atoms with Crippen molar-refractivity contribution < 1.29 is 0 Å². The Morgan fingerprint density at radius 3 is 1.93 bits per heavy atom. The molecule has 0 saturated carbocycles. The minimum Gasteiger partial charge on any atom is -0.0919 e. The third kappa shape index (κ3) is 2.92. The Bertz CT molecular complexity index is 360. The molecular weight excluding hydrogens is 168 g/mol. The molecule has 0 atom stereocenters. The van der Waals surface area contributed by atoms with Gasteiger partial charge in [-0.15, -0.1) is 0 Å². The lowest BCUT2D eigenvalue weighted by atomic mass is 9.96. The summed E-state index contributed by atoms with van der Waals surface area (Å²) in [5.74, 6) is 6.54. The second-order valence-corrected chi connectivity index (χ2v) is 4.77. The maximum atomic E-state index is 3.27. The smallest absolute Gasteiger partial charge is 0.0303 e. The summed E-state index contributed by atoms with van der Waals surface area (Å²) in [5, 5.41) is 0. The monoisotopic (exact) mass is 186 g/mol. The summed E-state index contributed by atoms with van der Waals surface area (Å²) in [6.07, 6.45) is 0. The van der Waals surface area contributed by atoms with Gasteiger partial charge in [0.2, 0.25) is 0 Å². The zero-order valence-corrected chi connectivity index (χ0v) is 9.73. The Morgan fingerprint density at radius 1 is 1.00 bits per heavy atom. The van der Waals surface area contributed by atoms with E-state index in [9.17, 15) is 0 Å². The van der Waals surface area contributed by atoms with E-state index >= 15 is 0 Å². The number of hydrogen-bond acceptors (Lipinski definition) is 0. The van der Waals surface area contributed by atoms with Crippen molar-refractivity contribution in [3.63, 3.8) is 0 Å². The van der Waals surface area contributed by atoms with Crippen molar-refractivity contribution in [1.29, 1.82) is 0 Å². The number of benzene rings is 1. The first-order chi connectivity index (χ1) is 6.40. The molecule has 0 N–H and O–H groups in total. The van der Waals surface area contributed by atoms with E-state index < -0.39 is 0 Å². The summed E-state index contributed by atoms with van der Waals surface area (Å²) in [6.45, 7) is 10.6. The fourth-order valence-corrected chi connectivity index (χ4v) is 1.26. The molecule has 0 aliphatic carbocycles. The van der Waals surface area contributed by atoms with Gasteiger partial charge in [-0.3, -0.25) is 0 Å². The normalized spacial score (nSPS) is 10.6. The average Bonchev–Trinajstić information content (AvgIpc) is 2.01. The van der Waals surface area contributed by atoms with Crippen LogP contribution in [-0.2, 0) is 0 Å². The molecule has 0 bridgehead atoms. The molecule has 0 radical (unpaired) electrons. The van der Waals surface area contributed by atoms with Crippen LogP contribution in [0.4, 0.5) is 0 Å². The van der Waals surface area contributed by atoms with Crippen molar-refractivity contribution in [2.75, 3.05) is 0 Å². The van der Waals surface area contributed by atoms with E-state index in [4.69, 9.17) is 0 Å². The third-order valence-corrected chi connectivity index (χ3v) is 2.04. The van der Waals surface area contributed by atoms with Crippen LogP contribution in [0.15, 0.2) is 18.2 Å². The predicted octanol–water partition coefficient (Wildman–Crippen LogP) is 3.70. The highest BCUT2D eigenvalue weighted by Crippen LogP contribution is 2.14. The van der Waals surface area contributed by atoms with Crippen LogP contribution in [0.3, 0.4) is 0 Å². The van der Waals surface area contributed by atoms with Crippen molar-refractivity contribution in [2.45, 2.75) is 34.6 Å². The first-order valence-corrected chi connectivity index (χ1v) is 4.99. The van der Waals surface area contributed by atoms with Gasteiger partial charge in [0.15, 0.2) is 0 Å². The molecule has 1 aromatic carbocycles. The van der Waals surface area contributed by atoms with E-state index in [1.165, 1.54) is 16.7 Å². The van der Waals surface area contributed by atoms with Crippen molar-refractivity contribution in [3.8, 4) is 11.8 Å². The minimum absolute atomic E-state index is 0.0781. The Morgan fingerprint density at radius 2 is 1.50 bits per heavy atom. The highest BCUT2D eigenvalue weighted by Gasteiger charge is 2.04. The molecular formula is C14H18. The van der Waals surface area contributed by atoms with Gasteiger partial charge in [0.25, 0.3) is 0 Å². The number of rotatable bonds is 0. The summed E-state index contributed by atoms with van der Waals surface area (Å²) < 4.78 is 0. The van der Waals surface area contributed by atoms with Crippen molar-refractivity contribution in [2.24, 2.45) is 5.41 Å². The molecule has 74 valence electrons. The quantitative estimate of drug-likeness (QED) is 0.542. The minimum atomic E-state index is 0.0781. The largest absolute Gasteiger partial charge is 0.0919 e. The Balaban J connectivity index is 3.13. The van der Waals surface area contributed by atoms with Gasteiger partial charge in [-0.05, 0) is 45.7 Å². The molecule has 0 aromatic heterocycles. The van der Waals surface area contributed by atoms with Gasteiger partial charge in [-0.2, -0.15) is 0 Å². The van der Waals surface area contributed by atoms with Gasteiger partial charge in [0.1, 0.15) is 0 Å². The van der Waals surface area contributed by atoms with Gasteiger partial charge in [-0.1, -0.05) is 30.0 Å². The lowest BCUT2D eigenvalue weighted by Gasteiger charge is -2.08. The van der Waals surface area contributed by atoms with Crippen molar-refractivity contribution in [1.82, 2.24) is 0 Å². The molecule has 0 unspecified atom stereocenters. The molecule has 0 heterocycles. The van der Waals surface area contributed by atoms with E-state index in [2.05, 4.69) is 64.7 Å². The molecule has 0 fully saturated rings. The van der Waals surface area contributed by atoms with Crippen LogP contribution in [0.25, 0.3) is 0 Å².